The van der Waals surface area contributed by atoms with Crippen LogP contribution >= 0.6 is 0 Å². The summed E-state index contributed by atoms with van der Waals surface area (Å²) >= 11 is 0. The molecule has 1 fully saturated rings. The highest BCUT2D eigenvalue weighted by molar-refractivity contribution is 6.01. The zero-order valence-electron chi connectivity index (χ0n) is 17.4. The van der Waals surface area contributed by atoms with E-state index in [9.17, 15) is 4.79 Å². The minimum atomic E-state index is -0.544. The van der Waals surface area contributed by atoms with Gasteiger partial charge in [0.05, 0.1) is 12.5 Å². The lowest BCUT2D eigenvalue weighted by Gasteiger charge is -2.20. The van der Waals surface area contributed by atoms with E-state index < -0.39 is 5.41 Å². The summed E-state index contributed by atoms with van der Waals surface area (Å²) < 4.78 is 16.2. The Morgan fingerprint density at radius 2 is 1.87 bits per heavy atom. The van der Waals surface area contributed by atoms with Gasteiger partial charge in [0.15, 0.2) is 11.5 Å². The first-order chi connectivity index (χ1) is 15.1. The summed E-state index contributed by atoms with van der Waals surface area (Å²) in [5.41, 5.74) is 1.34. The Kier molecular flexibility index (Phi) is 4.66. The summed E-state index contributed by atoms with van der Waals surface area (Å²) in [6, 6.07) is 19.1. The maximum Gasteiger partial charge on any atom is 0.236 e. The van der Waals surface area contributed by atoms with Crippen molar-refractivity contribution in [1.82, 2.24) is 4.98 Å². The van der Waals surface area contributed by atoms with Gasteiger partial charge >= 0.3 is 0 Å². The molecule has 1 N–H and O–H groups in total. The number of methoxy groups -OCH3 is 1. The Morgan fingerprint density at radius 1 is 1.06 bits per heavy atom. The number of fused-ring (bicyclic) bond motifs is 1. The van der Waals surface area contributed by atoms with Gasteiger partial charge in [-0.15, -0.1) is 0 Å². The van der Waals surface area contributed by atoms with Crippen molar-refractivity contribution in [3.63, 3.8) is 0 Å². The monoisotopic (exact) mass is 417 g/mol. The van der Waals surface area contributed by atoms with E-state index in [-0.39, 0.29) is 12.7 Å². The van der Waals surface area contributed by atoms with Gasteiger partial charge in [-0.3, -0.25) is 4.79 Å². The largest absolute Gasteiger partial charge is 0.497 e. The van der Waals surface area contributed by atoms with Crippen LogP contribution in [0.4, 0.5) is 17.3 Å². The van der Waals surface area contributed by atoms with Crippen molar-refractivity contribution in [1.29, 1.82) is 0 Å². The van der Waals surface area contributed by atoms with Crippen LogP contribution in [0.25, 0.3) is 0 Å². The van der Waals surface area contributed by atoms with Gasteiger partial charge in [0.1, 0.15) is 17.4 Å². The smallest absolute Gasteiger partial charge is 0.236 e. The molecule has 5 rings (SSSR count). The summed E-state index contributed by atoms with van der Waals surface area (Å²) in [6.45, 7) is 0.218. The van der Waals surface area contributed by atoms with Crippen molar-refractivity contribution in [2.75, 3.05) is 31.2 Å². The molecule has 0 atom stereocenters. The average Bonchev–Trinajstić information content (AvgIpc) is 3.49. The normalized spacial score (nSPS) is 15.3. The Balaban J connectivity index is 1.35. The summed E-state index contributed by atoms with van der Waals surface area (Å²) in [4.78, 5) is 19.8. The molecule has 31 heavy (non-hydrogen) atoms. The molecule has 7 nitrogen and oxygen atoms in total. The molecule has 2 aromatic carbocycles. The molecule has 1 saturated carbocycles. The quantitative estimate of drug-likeness (QED) is 0.646. The third-order valence-electron chi connectivity index (χ3n) is 5.87. The molecule has 0 unspecified atom stereocenters. The summed E-state index contributed by atoms with van der Waals surface area (Å²) in [6.07, 6.45) is 1.59. The molecule has 1 aliphatic heterocycles. The maximum atomic E-state index is 13.2. The van der Waals surface area contributed by atoms with Gasteiger partial charge in [0, 0.05) is 18.8 Å². The van der Waals surface area contributed by atoms with Crippen LogP contribution in [-0.4, -0.2) is 31.8 Å². The van der Waals surface area contributed by atoms with Crippen LogP contribution in [0.1, 0.15) is 18.4 Å². The van der Waals surface area contributed by atoms with Gasteiger partial charge in [-0.2, -0.15) is 0 Å². The van der Waals surface area contributed by atoms with Crippen molar-refractivity contribution in [3.05, 3.63) is 66.2 Å². The summed E-state index contributed by atoms with van der Waals surface area (Å²) in [5.74, 6) is 3.36. The van der Waals surface area contributed by atoms with E-state index in [1.54, 1.807) is 13.2 Å². The third-order valence-corrected chi connectivity index (χ3v) is 5.87. The molecule has 0 spiro atoms. The number of hydrogen-bond acceptors (Lipinski definition) is 6. The molecule has 2 aliphatic rings. The number of carbonyl (C=O) groups is 1. The highest BCUT2D eigenvalue weighted by atomic mass is 16.7. The number of carbonyl (C=O) groups excluding carboxylic acids is 1. The molecule has 1 amide bonds. The van der Waals surface area contributed by atoms with Crippen LogP contribution in [0, 0.1) is 0 Å². The van der Waals surface area contributed by atoms with Gasteiger partial charge in [-0.1, -0.05) is 18.2 Å². The summed E-state index contributed by atoms with van der Waals surface area (Å²) in [5, 5.41) is 3.01. The van der Waals surface area contributed by atoms with Crippen LogP contribution < -0.4 is 24.4 Å². The number of aromatic nitrogens is 1. The van der Waals surface area contributed by atoms with E-state index in [2.05, 4.69) is 10.3 Å². The molecule has 0 bridgehead atoms. The lowest BCUT2D eigenvalue weighted by atomic mass is 9.94. The predicted molar refractivity (Wildman–Crippen MR) is 117 cm³/mol. The number of benzene rings is 2. The number of nitrogens with zero attached hydrogens (tertiary/aromatic N) is 2. The zero-order valence-corrected chi connectivity index (χ0v) is 17.4. The van der Waals surface area contributed by atoms with Crippen molar-refractivity contribution in [3.8, 4) is 17.2 Å². The fourth-order valence-electron chi connectivity index (χ4n) is 3.83. The highest BCUT2D eigenvalue weighted by Gasteiger charge is 2.51. The summed E-state index contributed by atoms with van der Waals surface area (Å²) in [7, 11) is 3.57. The minimum Gasteiger partial charge on any atom is -0.497 e. The van der Waals surface area contributed by atoms with Gasteiger partial charge in [-0.25, -0.2) is 4.98 Å². The molecular formula is C24H23N3O4. The first kappa shape index (κ1) is 19.2. The van der Waals surface area contributed by atoms with Gasteiger partial charge < -0.3 is 24.4 Å². The van der Waals surface area contributed by atoms with E-state index in [0.29, 0.717) is 11.6 Å². The van der Waals surface area contributed by atoms with Crippen molar-refractivity contribution >= 4 is 23.2 Å². The van der Waals surface area contributed by atoms with Gasteiger partial charge in [0.25, 0.3) is 0 Å². The Hall–Kier alpha value is -3.74. The number of nitrogens with one attached hydrogen (secondary N) is 1. The van der Waals surface area contributed by atoms with E-state index >= 15 is 0 Å². The number of rotatable bonds is 6. The molecule has 7 heteroatoms. The highest BCUT2D eigenvalue weighted by Crippen LogP contribution is 2.51. The second-order valence-corrected chi connectivity index (χ2v) is 7.75. The second kappa shape index (κ2) is 7.50. The SMILES string of the molecule is COc1cccc(N(C)c2cccc(NC(=O)C3(c4ccc5c(c4)OCO5)CC3)n2)c1. The zero-order chi connectivity index (χ0) is 21.4. The molecule has 1 aliphatic carbocycles. The maximum absolute atomic E-state index is 13.2. The number of amides is 1. The lowest BCUT2D eigenvalue weighted by molar-refractivity contribution is -0.118. The first-order valence-electron chi connectivity index (χ1n) is 10.2. The topological polar surface area (TPSA) is 72.9 Å². The van der Waals surface area contributed by atoms with E-state index in [0.717, 1.165) is 41.4 Å². The number of hydrogen-bond donors (Lipinski definition) is 1. The van der Waals surface area contributed by atoms with E-state index in [1.165, 1.54) is 0 Å². The third kappa shape index (κ3) is 3.52. The minimum absolute atomic E-state index is 0.0555. The molecule has 158 valence electrons. The number of anilines is 3. The fraction of sp³-hybridized carbons (Fsp3) is 0.250. The van der Waals surface area contributed by atoms with Crippen LogP contribution in [0.3, 0.4) is 0 Å². The number of ether oxygens (including phenoxy) is 3. The second-order valence-electron chi connectivity index (χ2n) is 7.75. The molecule has 3 aromatic rings. The van der Waals surface area contributed by atoms with Crippen LogP contribution in [0.5, 0.6) is 17.2 Å². The Bertz CT molecular complexity index is 1140. The molecule has 2 heterocycles. The average molecular weight is 417 g/mol. The predicted octanol–water partition coefficient (Wildman–Crippen LogP) is 4.26. The van der Waals surface area contributed by atoms with Crippen molar-refractivity contribution in [2.45, 2.75) is 18.3 Å². The van der Waals surface area contributed by atoms with Crippen molar-refractivity contribution in [2.24, 2.45) is 0 Å². The number of pyridine rings is 1. The lowest BCUT2D eigenvalue weighted by Crippen LogP contribution is -2.28. The van der Waals surface area contributed by atoms with Gasteiger partial charge in [0.2, 0.25) is 12.7 Å². The van der Waals surface area contributed by atoms with Gasteiger partial charge in [-0.05, 0) is 54.8 Å². The van der Waals surface area contributed by atoms with E-state index in [1.807, 2.05) is 66.5 Å². The molecular weight excluding hydrogens is 394 g/mol. The Labute approximate surface area is 180 Å². The molecule has 0 saturated heterocycles. The van der Waals surface area contributed by atoms with Crippen LogP contribution in [0.2, 0.25) is 0 Å². The molecule has 0 radical (unpaired) electrons. The van der Waals surface area contributed by atoms with Crippen molar-refractivity contribution < 1.29 is 19.0 Å². The fourth-order valence-corrected chi connectivity index (χ4v) is 3.83. The van der Waals surface area contributed by atoms with E-state index in [4.69, 9.17) is 14.2 Å². The molecule has 1 aromatic heterocycles. The standard InChI is InChI=1S/C24H23N3O4/c1-27(17-5-3-6-18(14-17)29-2)22-8-4-7-21(25-22)26-23(28)24(11-12-24)16-9-10-19-20(13-16)31-15-30-19/h3-10,13-14H,11-12,15H2,1-2H3,(H,25,26,28). The Morgan fingerprint density at radius 3 is 2.68 bits per heavy atom. The van der Waals surface area contributed by atoms with Crippen LogP contribution in [0.15, 0.2) is 60.7 Å². The van der Waals surface area contributed by atoms with Crippen LogP contribution in [-0.2, 0) is 10.2 Å². The first-order valence-corrected chi connectivity index (χ1v) is 10.2.